The molecular formula is C10H6Cl3N3O. The molecule has 0 saturated carbocycles. The van der Waals surface area contributed by atoms with Crippen LogP contribution < -0.4 is 5.32 Å². The first-order chi connectivity index (χ1) is 8.08. The first-order valence-electron chi connectivity index (χ1n) is 4.54. The van der Waals surface area contributed by atoms with E-state index >= 15 is 0 Å². The van der Waals surface area contributed by atoms with Crippen molar-refractivity contribution < 1.29 is 4.79 Å². The van der Waals surface area contributed by atoms with Gasteiger partial charge in [0.2, 0.25) is 0 Å². The molecule has 0 aliphatic rings. The second-order valence-corrected chi connectivity index (χ2v) is 4.33. The number of halogens is 3. The lowest BCUT2D eigenvalue weighted by atomic mass is 10.4. The minimum atomic E-state index is -0.417. The highest BCUT2D eigenvalue weighted by molar-refractivity contribution is 6.41. The average Bonchev–Trinajstić information content (AvgIpc) is 2.63. The van der Waals surface area contributed by atoms with Crippen molar-refractivity contribution in [2.75, 3.05) is 5.32 Å². The summed E-state index contributed by atoms with van der Waals surface area (Å²) in [6.45, 7) is 0. The number of anilines is 1. The van der Waals surface area contributed by atoms with Gasteiger partial charge in [0.05, 0.1) is 10.0 Å². The van der Waals surface area contributed by atoms with Gasteiger partial charge in [0.25, 0.3) is 5.91 Å². The molecule has 2 aromatic rings. The van der Waals surface area contributed by atoms with E-state index in [1.165, 1.54) is 12.3 Å². The minimum absolute atomic E-state index is 0.212. The molecule has 0 bridgehead atoms. The number of aromatic amines is 1. The van der Waals surface area contributed by atoms with Gasteiger partial charge in [-0.2, -0.15) is 0 Å². The fraction of sp³-hybridized carbons (Fsp3) is 0. The highest BCUT2D eigenvalue weighted by Crippen LogP contribution is 2.23. The fourth-order valence-corrected chi connectivity index (χ4v) is 1.66. The number of aromatic nitrogens is 2. The number of nitrogens with zero attached hydrogens (tertiary/aromatic N) is 1. The molecule has 2 heterocycles. The summed E-state index contributed by atoms with van der Waals surface area (Å²) >= 11 is 17.3. The van der Waals surface area contributed by atoms with Gasteiger partial charge in [0, 0.05) is 6.20 Å². The zero-order chi connectivity index (χ0) is 12.4. The van der Waals surface area contributed by atoms with Crippen LogP contribution in [0.1, 0.15) is 10.5 Å². The molecule has 2 aromatic heterocycles. The Morgan fingerprint density at radius 2 is 2.06 bits per heavy atom. The van der Waals surface area contributed by atoms with Gasteiger partial charge in [-0.1, -0.05) is 34.8 Å². The maximum absolute atomic E-state index is 11.8. The van der Waals surface area contributed by atoms with Gasteiger partial charge in [0.1, 0.15) is 10.8 Å². The van der Waals surface area contributed by atoms with Crippen LogP contribution in [0.5, 0.6) is 0 Å². The molecule has 0 aromatic carbocycles. The highest BCUT2D eigenvalue weighted by atomic mass is 35.5. The van der Waals surface area contributed by atoms with E-state index in [0.717, 1.165) is 0 Å². The quantitative estimate of drug-likeness (QED) is 0.887. The summed E-state index contributed by atoms with van der Waals surface area (Å²) in [4.78, 5) is 18.3. The number of hydrogen-bond donors (Lipinski definition) is 2. The number of carbonyl (C=O) groups excluding carboxylic acids is 1. The Labute approximate surface area is 112 Å². The monoisotopic (exact) mass is 289 g/mol. The van der Waals surface area contributed by atoms with E-state index in [0.29, 0.717) is 5.02 Å². The standard InChI is InChI=1S/C10H6Cl3N3O/c11-5-2-1-3-14-9(5)16-10(17)7-4-6(12)8(13)15-7/h1-4,15H,(H,14,16,17). The van der Waals surface area contributed by atoms with Crippen molar-refractivity contribution in [1.82, 2.24) is 9.97 Å². The molecule has 0 aliphatic heterocycles. The summed E-state index contributed by atoms with van der Waals surface area (Å²) < 4.78 is 0. The van der Waals surface area contributed by atoms with Gasteiger partial charge in [-0.25, -0.2) is 4.98 Å². The van der Waals surface area contributed by atoms with Crippen LogP contribution in [0.4, 0.5) is 5.82 Å². The van der Waals surface area contributed by atoms with Gasteiger partial charge in [0.15, 0.2) is 5.82 Å². The molecule has 2 N–H and O–H groups in total. The zero-order valence-corrected chi connectivity index (χ0v) is 10.6. The Hall–Kier alpha value is -1.23. The van der Waals surface area contributed by atoms with Crippen LogP contribution in [0.2, 0.25) is 15.2 Å². The topological polar surface area (TPSA) is 57.8 Å². The van der Waals surface area contributed by atoms with E-state index < -0.39 is 5.91 Å². The van der Waals surface area contributed by atoms with E-state index in [-0.39, 0.29) is 21.7 Å². The Morgan fingerprint density at radius 3 is 2.65 bits per heavy atom. The fourth-order valence-electron chi connectivity index (χ4n) is 1.18. The lowest BCUT2D eigenvalue weighted by Gasteiger charge is -2.03. The summed E-state index contributed by atoms with van der Waals surface area (Å²) in [5, 5.41) is 3.38. The third kappa shape index (κ3) is 2.72. The van der Waals surface area contributed by atoms with E-state index in [9.17, 15) is 4.79 Å². The highest BCUT2D eigenvalue weighted by Gasteiger charge is 2.13. The first kappa shape index (κ1) is 12.2. The molecule has 0 unspecified atom stereocenters. The van der Waals surface area contributed by atoms with E-state index in [4.69, 9.17) is 34.8 Å². The normalized spacial score (nSPS) is 10.3. The molecule has 1 amide bonds. The van der Waals surface area contributed by atoms with Crippen LogP contribution in [-0.2, 0) is 0 Å². The van der Waals surface area contributed by atoms with Gasteiger partial charge >= 0.3 is 0 Å². The largest absolute Gasteiger partial charge is 0.340 e. The predicted octanol–water partition coefficient (Wildman–Crippen LogP) is 3.62. The van der Waals surface area contributed by atoms with Gasteiger partial charge < -0.3 is 10.3 Å². The molecule has 88 valence electrons. The van der Waals surface area contributed by atoms with Gasteiger partial charge in [-0.15, -0.1) is 0 Å². The van der Waals surface area contributed by atoms with E-state index in [1.54, 1.807) is 12.1 Å². The van der Waals surface area contributed by atoms with Crippen molar-refractivity contribution in [2.45, 2.75) is 0 Å². The second kappa shape index (κ2) is 4.96. The Kier molecular flexibility index (Phi) is 3.57. The molecule has 0 spiro atoms. The van der Waals surface area contributed by atoms with Crippen LogP contribution in [0.15, 0.2) is 24.4 Å². The Balaban J connectivity index is 2.20. The van der Waals surface area contributed by atoms with Crippen molar-refractivity contribution in [1.29, 1.82) is 0 Å². The maximum Gasteiger partial charge on any atom is 0.273 e. The number of rotatable bonds is 2. The van der Waals surface area contributed by atoms with E-state index in [2.05, 4.69) is 15.3 Å². The molecule has 4 nitrogen and oxygen atoms in total. The Bertz CT molecular complexity index is 548. The zero-order valence-electron chi connectivity index (χ0n) is 8.30. The number of pyridine rings is 1. The maximum atomic E-state index is 11.8. The third-order valence-corrected chi connectivity index (χ3v) is 2.96. The van der Waals surface area contributed by atoms with Gasteiger partial charge in [-0.05, 0) is 18.2 Å². The average molecular weight is 291 g/mol. The second-order valence-electron chi connectivity index (χ2n) is 3.13. The molecule has 0 aliphatic carbocycles. The van der Waals surface area contributed by atoms with Crippen molar-refractivity contribution >= 4 is 46.5 Å². The van der Waals surface area contributed by atoms with Crippen LogP contribution in [0.3, 0.4) is 0 Å². The van der Waals surface area contributed by atoms with Crippen molar-refractivity contribution in [2.24, 2.45) is 0 Å². The lowest BCUT2D eigenvalue weighted by molar-refractivity contribution is 0.102. The summed E-state index contributed by atoms with van der Waals surface area (Å²) in [6.07, 6.45) is 1.52. The van der Waals surface area contributed by atoms with Crippen molar-refractivity contribution in [3.05, 3.63) is 45.3 Å². The van der Waals surface area contributed by atoms with Crippen molar-refractivity contribution in [3.8, 4) is 0 Å². The Morgan fingerprint density at radius 1 is 1.29 bits per heavy atom. The van der Waals surface area contributed by atoms with Gasteiger partial charge in [-0.3, -0.25) is 4.79 Å². The predicted molar refractivity (Wildman–Crippen MR) is 68.0 cm³/mol. The van der Waals surface area contributed by atoms with E-state index in [1.807, 2.05) is 0 Å². The number of amides is 1. The first-order valence-corrected chi connectivity index (χ1v) is 5.67. The number of nitrogens with one attached hydrogen (secondary N) is 2. The third-order valence-electron chi connectivity index (χ3n) is 1.96. The van der Waals surface area contributed by atoms with Crippen LogP contribution >= 0.6 is 34.8 Å². The summed E-state index contributed by atoms with van der Waals surface area (Å²) in [5.74, 6) is -0.139. The van der Waals surface area contributed by atoms with Crippen LogP contribution in [0.25, 0.3) is 0 Å². The number of carbonyl (C=O) groups is 1. The molecule has 0 radical (unpaired) electrons. The van der Waals surface area contributed by atoms with Crippen LogP contribution in [0, 0.1) is 0 Å². The van der Waals surface area contributed by atoms with Crippen molar-refractivity contribution in [3.63, 3.8) is 0 Å². The number of H-pyrrole nitrogens is 1. The number of hydrogen-bond acceptors (Lipinski definition) is 2. The van der Waals surface area contributed by atoms with Crippen LogP contribution in [-0.4, -0.2) is 15.9 Å². The summed E-state index contributed by atoms with van der Waals surface area (Å²) in [5.41, 5.74) is 0.238. The molecular weight excluding hydrogens is 284 g/mol. The minimum Gasteiger partial charge on any atom is -0.340 e. The molecule has 17 heavy (non-hydrogen) atoms. The molecule has 0 atom stereocenters. The lowest BCUT2D eigenvalue weighted by Crippen LogP contribution is -2.13. The summed E-state index contributed by atoms with van der Waals surface area (Å²) in [6, 6.07) is 4.72. The molecule has 0 fully saturated rings. The summed E-state index contributed by atoms with van der Waals surface area (Å²) in [7, 11) is 0. The molecule has 2 rings (SSSR count). The smallest absolute Gasteiger partial charge is 0.273 e. The molecule has 7 heteroatoms. The molecule has 0 saturated heterocycles. The SMILES string of the molecule is O=C(Nc1ncccc1Cl)c1cc(Cl)c(Cl)[nH]1.